The molecule has 1 aliphatic rings. The summed E-state index contributed by atoms with van der Waals surface area (Å²) < 4.78 is 5.75. The number of fused-ring (bicyclic) bond motifs is 1. The van der Waals surface area contributed by atoms with Crippen LogP contribution in [0.2, 0.25) is 0 Å². The number of benzene rings is 2. The largest absolute Gasteiger partial charge is 0.479 e. The van der Waals surface area contributed by atoms with E-state index < -0.39 is 6.10 Å². The smallest absolute Gasteiger partial charge is 0.267 e. The van der Waals surface area contributed by atoms with Gasteiger partial charge in [-0.3, -0.25) is 4.79 Å². The van der Waals surface area contributed by atoms with E-state index in [0.717, 1.165) is 27.5 Å². The van der Waals surface area contributed by atoms with Gasteiger partial charge < -0.3 is 14.7 Å². The van der Waals surface area contributed by atoms with Crippen molar-refractivity contribution in [1.29, 1.82) is 0 Å². The molecular weight excluding hydrogens is 360 g/mol. The van der Waals surface area contributed by atoms with E-state index in [2.05, 4.69) is 0 Å². The summed E-state index contributed by atoms with van der Waals surface area (Å²) in [6, 6.07) is 15.9. The lowest BCUT2D eigenvalue weighted by Crippen LogP contribution is -2.45. The molecule has 1 unspecified atom stereocenters. The Labute approximate surface area is 161 Å². The van der Waals surface area contributed by atoms with Crippen LogP contribution in [0.3, 0.4) is 0 Å². The van der Waals surface area contributed by atoms with Crippen LogP contribution in [-0.2, 0) is 4.79 Å². The Hall–Kier alpha value is -2.70. The van der Waals surface area contributed by atoms with Gasteiger partial charge in [0.05, 0.1) is 11.4 Å². The summed E-state index contributed by atoms with van der Waals surface area (Å²) in [6.07, 6.45) is 0.00256. The number of carbonyl (C=O) groups is 1. The fraction of sp³-hybridized carbons (Fsp3) is 0.238. The van der Waals surface area contributed by atoms with E-state index in [1.165, 1.54) is 0 Å². The number of carbonyl (C=O) groups excluding carboxylic acids is 1. The standard InChI is InChI=1S/C21H20N2O3S/c1-14-21(25)23(10-5-11-24)18-12-16(8-9-19(18)26-14)17-13-27-20(22-17)15-6-3-2-4-7-15/h2-4,6-9,12-14,24H,5,10-11H2,1H3. The number of aliphatic hydroxyl groups is 1. The minimum absolute atomic E-state index is 0.0422. The fourth-order valence-corrected chi connectivity index (χ4v) is 3.98. The maximum atomic E-state index is 12.5. The molecule has 0 saturated carbocycles. The molecule has 0 saturated heterocycles. The molecule has 0 radical (unpaired) electrons. The highest BCUT2D eigenvalue weighted by atomic mass is 32.1. The van der Waals surface area contributed by atoms with Gasteiger partial charge in [0.1, 0.15) is 10.8 Å². The maximum absolute atomic E-state index is 12.5. The molecule has 2 aromatic carbocycles. The zero-order valence-electron chi connectivity index (χ0n) is 15.0. The van der Waals surface area contributed by atoms with Crippen molar-refractivity contribution < 1.29 is 14.6 Å². The fourth-order valence-electron chi connectivity index (χ4n) is 3.15. The van der Waals surface area contributed by atoms with Gasteiger partial charge in [-0.1, -0.05) is 30.3 Å². The monoisotopic (exact) mass is 380 g/mol. The molecule has 6 heteroatoms. The lowest BCUT2D eigenvalue weighted by atomic mass is 10.1. The van der Waals surface area contributed by atoms with E-state index in [0.29, 0.717) is 18.7 Å². The van der Waals surface area contributed by atoms with Gasteiger partial charge in [-0.15, -0.1) is 11.3 Å². The number of aliphatic hydroxyl groups excluding tert-OH is 1. The normalized spacial score (nSPS) is 16.1. The minimum Gasteiger partial charge on any atom is -0.479 e. The van der Waals surface area contributed by atoms with E-state index >= 15 is 0 Å². The highest BCUT2D eigenvalue weighted by molar-refractivity contribution is 7.13. The van der Waals surface area contributed by atoms with Crippen LogP contribution in [0.4, 0.5) is 5.69 Å². The second kappa shape index (κ2) is 7.50. The lowest BCUT2D eigenvalue weighted by molar-refractivity contribution is -0.125. The van der Waals surface area contributed by atoms with E-state index in [4.69, 9.17) is 14.8 Å². The van der Waals surface area contributed by atoms with Crippen molar-refractivity contribution in [3.8, 4) is 27.6 Å². The molecule has 4 rings (SSSR count). The second-order valence-corrected chi connectivity index (χ2v) is 7.27. The molecule has 0 aliphatic carbocycles. The Morgan fingerprint density at radius 2 is 2.00 bits per heavy atom. The van der Waals surface area contributed by atoms with Crippen LogP contribution in [0.25, 0.3) is 21.8 Å². The van der Waals surface area contributed by atoms with Gasteiger partial charge in [-0.2, -0.15) is 0 Å². The molecule has 2 heterocycles. The van der Waals surface area contributed by atoms with Gasteiger partial charge in [0.2, 0.25) is 0 Å². The molecule has 3 aromatic rings. The number of thiazole rings is 1. The third-order valence-corrected chi connectivity index (χ3v) is 5.42. The summed E-state index contributed by atoms with van der Waals surface area (Å²) in [5, 5.41) is 12.1. The van der Waals surface area contributed by atoms with Gasteiger partial charge in [0.25, 0.3) is 5.91 Å². The molecule has 1 aromatic heterocycles. The highest BCUT2D eigenvalue weighted by Gasteiger charge is 2.31. The average molecular weight is 380 g/mol. The van der Waals surface area contributed by atoms with E-state index in [1.54, 1.807) is 23.2 Å². The highest BCUT2D eigenvalue weighted by Crippen LogP contribution is 2.38. The second-order valence-electron chi connectivity index (χ2n) is 6.41. The summed E-state index contributed by atoms with van der Waals surface area (Å²) in [4.78, 5) is 19.0. The van der Waals surface area contributed by atoms with Gasteiger partial charge in [0, 0.05) is 29.7 Å². The van der Waals surface area contributed by atoms with Gasteiger partial charge >= 0.3 is 0 Å². The summed E-state index contributed by atoms with van der Waals surface area (Å²) >= 11 is 1.59. The third-order valence-electron chi connectivity index (χ3n) is 4.53. The number of hydrogen-bond donors (Lipinski definition) is 1. The third kappa shape index (κ3) is 3.46. The zero-order chi connectivity index (χ0) is 18.8. The SMILES string of the molecule is CC1Oc2ccc(-c3csc(-c4ccccc4)n3)cc2N(CCCO)C1=O. The Morgan fingerprint density at radius 3 is 2.78 bits per heavy atom. The Kier molecular flexibility index (Phi) is 4.92. The number of anilines is 1. The summed E-state index contributed by atoms with van der Waals surface area (Å²) in [5.74, 6) is 0.596. The van der Waals surface area contributed by atoms with Gasteiger partial charge in [-0.25, -0.2) is 4.98 Å². The molecule has 5 nitrogen and oxygen atoms in total. The zero-order valence-corrected chi connectivity index (χ0v) is 15.8. The molecule has 0 bridgehead atoms. The topological polar surface area (TPSA) is 62.7 Å². The van der Waals surface area contributed by atoms with Gasteiger partial charge in [0.15, 0.2) is 6.10 Å². The predicted molar refractivity (Wildman–Crippen MR) is 107 cm³/mol. The number of amides is 1. The van der Waals surface area contributed by atoms with E-state index in [9.17, 15) is 4.79 Å². The quantitative estimate of drug-likeness (QED) is 0.727. The average Bonchev–Trinajstić information content (AvgIpc) is 3.19. The number of aromatic nitrogens is 1. The van der Waals surface area contributed by atoms with Crippen molar-refractivity contribution in [3.05, 3.63) is 53.9 Å². The van der Waals surface area contributed by atoms with E-state index in [-0.39, 0.29) is 12.5 Å². The maximum Gasteiger partial charge on any atom is 0.267 e. The molecule has 138 valence electrons. The van der Waals surface area contributed by atoms with Crippen molar-refractivity contribution >= 4 is 22.9 Å². The van der Waals surface area contributed by atoms with Crippen LogP contribution in [0.15, 0.2) is 53.9 Å². The molecule has 1 amide bonds. The molecule has 0 fully saturated rings. The van der Waals surface area contributed by atoms with Gasteiger partial charge in [-0.05, 0) is 31.5 Å². The molecule has 0 spiro atoms. The first-order valence-corrected chi connectivity index (χ1v) is 9.79. The van der Waals surface area contributed by atoms with Crippen LogP contribution in [-0.4, -0.2) is 35.3 Å². The van der Waals surface area contributed by atoms with E-state index in [1.807, 2.05) is 53.9 Å². The Balaban J connectivity index is 1.69. The van der Waals surface area contributed by atoms with Crippen LogP contribution >= 0.6 is 11.3 Å². The Bertz CT molecular complexity index is 955. The molecule has 27 heavy (non-hydrogen) atoms. The summed E-state index contributed by atoms with van der Waals surface area (Å²) in [5.41, 5.74) is 3.63. The number of ether oxygens (including phenoxy) is 1. The minimum atomic E-state index is -0.522. The van der Waals surface area contributed by atoms with Crippen LogP contribution < -0.4 is 9.64 Å². The summed E-state index contributed by atoms with van der Waals surface area (Å²) in [7, 11) is 0. The molecule has 1 atom stereocenters. The first-order chi connectivity index (χ1) is 13.2. The number of hydrogen-bond acceptors (Lipinski definition) is 5. The molecular formula is C21H20N2O3S. The van der Waals surface area contributed by atoms with Crippen molar-refractivity contribution in [2.24, 2.45) is 0 Å². The first kappa shape index (κ1) is 17.7. The Morgan fingerprint density at radius 1 is 1.19 bits per heavy atom. The number of nitrogens with zero attached hydrogens (tertiary/aromatic N) is 2. The van der Waals surface area contributed by atoms with Crippen molar-refractivity contribution in [3.63, 3.8) is 0 Å². The van der Waals surface area contributed by atoms with Crippen molar-refractivity contribution in [1.82, 2.24) is 4.98 Å². The number of rotatable bonds is 5. The van der Waals surface area contributed by atoms with Crippen LogP contribution in [0, 0.1) is 0 Å². The summed E-state index contributed by atoms with van der Waals surface area (Å²) in [6.45, 7) is 2.25. The van der Waals surface area contributed by atoms with Crippen LogP contribution in [0.5, 0.6) is 5.75 Å². The molecule has 1 aliphatic heterocycles. The van der Waals surface area contributed by atoms with Crippen LogP contribution in [0.1, 0.15) is 13.3 Å². The lowest BCUT2D eigenvalue weighted by Gasteiger charge is -2.33. The molecule has 1 N–H and O–H groups in total. The van der Waals surface area contributed by atoms with Crippen molar-refractivity contribution in [2.45, 2.75) is 19.4 Å². The predicted octanol–water partition coefficient (Wildman–Crippen LogP) is 3.97. The van der Waals surface area contributed by atoms with Crippen molar-refractivity contribution in [2.75, 3.05) is 18.1 Å². The first-order valence-electron chi connectivity index (χ1n) is 8.91.